The molecule has 0 radical (unpaired) electrons. The predicted octanol–water partition coefficient (Wildman–Crippen LogP) is 13.0. The van der Waals surface area contributed by atoms with E-state index in [1.807, 2.05) is 12.1 Å². The summed E-state index contributed by atoms with van der Waals surface area (Å²) in [6.07, 6.45) is 0. The molecular formula is C53H33N5. The lowest BCUT2D eigenvalue weighted by molar-refractivity contribution is 0.661. The van der Waals surface area contributed by atoms with Crippen LogP contribution >= 0.6 is 0 Å². The summed E-state index contributed by atoms with van der Waals surface area (Å²) in [6, 6.07) is 62.9. The molecule has 12 rings (SSSR count). The van der Waals surface area contributed by atoms with Crippen molar-refractivity contribution in [1.29, 1.82) is 10.5 Å². The summed E-state index contributed by atoms with van der Waals surface area (Å²) in [6.45, 7) is 4.69. The summed E-state index contributed by atoms with van der Waals surface area (Å²) in [7, 11) is 0. The maximum absolute atomic E-state index is 10.5. The molecule has 11 aromatic rings. The highest BCUT2D eigenvalue weighted by Gasteiger charge is 2.38. The summed E-state index contributed by atoms with van der Waals surface area (Å²) >= 11 is 0. The minimum absolute atomic E-state index is 0.315. The summed E-state index contributed by atoms with van der Waals surface area (Å²) < 4.78 is 6.97. The Hall–Kier alpha value is -7.86. The number of fused-ring (bicyclic) bond motifs is 12. The van der Waals surface area contributed by atoms with Crippen molar-refractivity contribution >= 4 is 65.4 Å². The van der Waals surface area contributed by atoms with Gasteiger partial charge >= 0.3 is 0 Å². The van der Waals surface area contributed by atoms with Gasteiger partial charge in [0.05, 0.1) is 55.6 Å². The van der Waals surface area contributed by atoms with Gasteiger partial charge in [-0.25, -0.2) is 0 Å². The summed E-state index contributed by atoms with van der Waals surface area (Å²) in [5.41, 5.74) is 14.8. The van der Waals surface area contributed by atoms with Gasteiger partial charge in [0, 0.05) is 43.4 Å². The summed E-state index contributed by atoms with van der Waals surface area (Å²) in [5, 5.41) is 27.9. The number of hydrogen-bond acceptors (Lipinski definition) is 2. The van der Waals surface area contributed by atoms with Crippen LogP contribution < -0.4 is 0 Å². The molecule has 0 aliphatic heterocycles. The molecule has 0 spiro atoms. The molecule has 5 nitrogen and oxygen atoms in total. The molecule has 270 valence electrons. The van der Waals surface area contributed by atoms with E-state index in [2.05, 4.69) is 191 Å². The maximum atomic E-state index is 10.5. The number of benzene rings is 8. The highest BCUT2D eigenvalue weighted by Crippen LogP contribution is 2.53. The SMILES string of the molecule is CC1(C)c2cc3c(cc2-c2cc4c5ccccc5n(-c5cc(C#N)c(C#N)cc5-n5c6ccccc6c6ccccc65)c4cc21)c1ccccc1n3-c1ccccc1. The van der Waals surface area contributed by atoms with Crippen molar-refractivity contribution in [3.8, 4) is 40.3 Å². The summed E-state index contributed by atoms with van der Waals surface area (Å²) in [4.78, 5) is 0. The first-order valence-corrected chi connectivity index (χ1v) is 19.6. The van der Waals surface area contributed by atoms with Gasteiger partial charge in [-0.2, -0.15) is 10.5 Å². The Kier molecular flexibility index (Phi) is 6.47. The molecule has 1 aliphatic carbocycles. The van der Waals surface area contributed by atoms with Crippen molar-refractivity contribution in [2.24, 2.45) is 0 Å². The molecule has 0 N–H and O–H groups in total. The van der Waals surface area contributed by atoms with Crippen LogP contribution in [0.25, 0.3) is 93.6 Å². The third-order valence-electron chi connectivity index (χ3n) is 12.7. The normalized spacial score (nSPS) is 13.1. The van der Waals surface area contributed by atoms with Crippen molar-refractivity contribution in [3.63, 3.8) is 0 Å². The lowest BCUT2D eigenvalue weighted by Gasteiger charge is -2.22. The fourth-order valence-electron chi connectivity index (χ4n) is 10.1. The monoisotopic (exact) mass is 739 g/mol. The second-order valence-electron chi connectivity index (χ2n) is 16.0. The number of hydrogen-bond donors (Lipinski definition) is 0. The molecule has 1 aliphatic rings. The van der Waals surface area contributed by atoms with E-state index in [4.69, 9.17) is 0 Å². The Balaban J connectivity index is 1.18. The van der Waals surface area contributed by atoms with E-state index in [1.54, 1.807) is 0 Å². The lowest BCUT2D eigenvalue weighted by atomic mass is 9.82. The Labute approximate surface area is 334 Å². The van der Waals surface area contributed by atoms with Gasteiger partial charge in [0.15, 0.2) is 0 Å². The third kappa shape index (κ3) is 4.17. The van der Waals surface area contributed by atoms with Gasteiger partial charge in [-0.05, 0) is 95.1 Å². The van der Waals surface area contributed by atoms with Crippen molar-refractivity contribution < 1.29 is 0 Å². The molecule has 5 heteroatoms. The molecule has 0 amide bonds. The number of nitriles is 2. The van der Waals surface area contributed by atoms with Crippen molar-refractivity contribution in [3.05, 3.63) is 186 Å². The molecule has 58 heavy (non-hydrogen) atoms. The maximum Gasteiger partial charge on any atom is 0.101 e. The van der Waals surface area contributed by atoms with Gasteiger partial charge in [-0.3, -0.25) is 0 Å². The molecule has 0 saturated carbocycles. The van der Waals surface area contributed by atoms with Crippen LogP contribution in [0.1, 0.15) is 36.1 Å². The minimum Gasteiger partial charge on any atom is -0.309 e. The zero-order chi connectivity index (χ0) is 38.9. The van der Waals surface area contributed by atoms with Crippen LogP contribution in [0.3, 0.4) is 0 Å². The van der Waals surface area contributed by atoms with Gasteiger partial charge in [-0.1, -0.05) is 105 Å². The Bertz CT molecular complexity index is 3620. The third-order valence-corrected chi connectivity index (χ3v) is 12.7. The van der Waals surface area contributed by atoms with E-state index in [1.165, 1.54) is 44.1 Å². The van der Waals surface area contributed by atoms with Crippen LogP contribution in [-0.2, 0) is 5.41 Å². The first-order chi connectivity index (χ1) is 28.5. The van der Waals surface area contributed by atoms with Crippen LogP contribution in [0, 0.1) is 22.7 Å². The minimum atomic E-state index is -0.315. The Morgan fingerprint density at radius 1 is 0.379 bits per heavy atom. The standard InChI is InChI=1S/C53H33N5/c1-53(2)43-28-49-41(37-18-8-10-20-45(37)56(49)34-14-4-3-5-15-34)26-39(43)40-27-42-38-19-9-13-23-48(38)58(50(42)29-44(40)53)52-25-33(31-55)32(30-54)24-51(52)57-46-21-11-6-16-35(46)36-17-7-12-22-47(36)57/h3-29H,1-2H3. The molecule has 0 saturated heterocycles. The second-order valence-corrected chi connectivity index (χ2v) is 16.0. The average molecular weight is 740 g/mol. The highest BCUT2D eigenvalue weighted by atomic mass is 15.1. The number of nitrogens with zero attached hydrogens (tertiary/aromatic N) is 5. The molecule has 0 bridgehead atoms. The molecule has 0 fully saturated rings. The van der Waals surface area contributed by atoms with E-state index in [0.717, 1.165) is 60.7 Å². The smallest absolute Gasteiger partial charge is 0.101 e. The van der Waals surface area contributed by atoms with Crippen LogP contribution in [0.15, 0.2) is 164 Å². The van der Waals surface area contributed by atoms with E-state index < -0.39 is 0 Å². The zero-order valence-corrected chi connectivity index (χ0v) is 31.8. The zero-order valence-electron chi connectivity index (χ0n) is 31.8. The van der Waals surface area contributed by atoms with E-state index in [9.17, 15) is 10.5 Å². The number of para-hydroxylation sites is 5. The lowest BCUT2D eigenvalue weighted by Crippen LogP contribution is -2.15. The molecular weight excluding hydrogens is 707 g/mol. The van der Waals surface area contributed by atoms with E-state index >= 15 is 0 Å². The highest BCUT2D eigenvalue weighted by molar-refractivity contribution is 6.15. The Morgan fingerprint density at radius 3 is 1.19 bits per heavy atom. The van der Waals surface area contributed by atoms with Gasteiger partial charge in [0.1, 0.15) is 12.1 Å². The molecule has 8 aromatic carbocycles. The fraction of sp³-hybridized carbons (Fsp3) is 0.0566. The molecule has 0 atom stereocenters. The van der Waals surface area contributed by atoms with Gasteiger partial charge < -0.3 is 13.7 Å². The van der Waals surface area contributed by atoms with Crippen LogP contribution in [0.5, 0.6) is 0 Å². The van der Waals surface area contributed by atoms with Crippen LogP contribution in [-0.4, -0.2) is 13.7 Å². The molecule has 3 aromatic heterocycles. The summed E-state index contributed by atoms with van der Waals surface area (Å²) in [5.74, 6) is 0. The molecule has 3 heterocycles. The van der Waals surface area contributed by atoms with Crippen molar-refractivity contribution in [1.82, 2.24) is 13.7 Å². The fourth-order valence-corrected chi connectivity index (χ4v) is 10.1. The average Bonchev–Trinajstić information content (AvgIpc) is 3.95. The topological polar surface area (TPSA) is 62.4 Å². The second kappa shape index (κ2) is 11.6. The van der Waals surface area contributed by atoms with E-state index in [-0.39, 0.29) is 5.41 Å². The van der Waals surface area contributed by atoms with Gasteiger partial charge in [-0.15, -0.1) is 0 Å². The number of rotatable bonds is 3. The van der Waals surface area contributed by atoms with Crippen molar-refractivity contribution in [2.45, 2.75) is 19.3 Å². The molecule has 0 unspecified atom stereocenters. The van der Waals surface area contributed by atoms with Crippen LogP contribution in [0.4, 0.5) is 0 Å². The van der Waals surface area contributed by atoms with E-state index in [0.29, 0.717) is 11.1 Å². The van der Waals surface area contributed by atoms with Gasteiger partial charge in [0.25, 0.3) is 0 Å². The predicted molar refractivity (Wildman–Crippen MR) is 236 cm³/mol. The Morgan fingerprint density at radius 2 is 0.741 bits per heavy atom. The van der Waals surface area contributed by atoms with Crippen LogP contribution in [0.2, 0.25) is 0 Å². The van der Waals surface area contributed by atoms with Crippen molar-refractivity contribution in [2.75, 3.05) is 0 Å². The first-order valence-electron chi connectivity index (χ1n) is 19.6. The van der Waals surface area contributed by atoms with Gasteiger partial charge in [0.2, 0.25) is 0 Å². The number of aromatic nitrogens is 3. The quantitative estimate of drug-likeness (QED) is 0.181. The first kappa shape index (κ1) is 32.4. The largest absolute Gasteiger partial charge is 0.309 e.